The summed E-state index contributed by atoms with van der Waals surface area (Å²) in [6.45, 7) is 4.33. The maximum absolute atomic E-state index is 13.2. The van der Waals surface area contributed by atoms with Gasteiger partial charge in [-0.15, -0.1) is 0 Å². The summed E-state index contributed by atoms with van der Waals surface area (Å²) in [5.41, 5.74) is 5.42. The van der Waals surface area contributed by atoms with E-state index < -0.39 is 0 Å². The zero-order valence-electron chi connectivity index (χ0n) is 17.9. The van der Waals surface area contributed by atoms with Gasteiger partial charge in [0, 0.05) is 17.2 Å². The average Bonchev–Trinajstić information content (AvgIpc) is 2.92. The molecule has 2 aromatic carbocycles. The minimum atomic E-state index is -0.264. The van der Waals surface area contributed by atoms with E-state index in [4.69, 9.17) is 4.99 Å². The van der Waals surface area contributed by atoms with Gasteiger partial charge >= 0.3 is 0 Å². The smallest absolute Gasteiger partial charge is 0.240 e. The van der Waals surface area contributed by atoms with E-state index in [9.17, 15) is 9.59 Å². The maximum atomic E-state index is 13.2. The quantitative estimate of drug-likeness (QED) is 0.566. The largest absolute Gasteiger partial charge is 0.350 e. The van der Waals surface area contributed by atoms with E-state index in [1.807, 2.05) is 62.4 Å². The van der Waals surface area contributed by atoms with Crippen LogP contribution in [0.1, 0.15) is 28.7 Å². The molecule has 6 nitrogen and oxygen atoms in total. The molecule has 1 aromatic heterocycles. The maximum Gasteiger partial charge on any atom is 0.240 e. The van der Waals surface area contributed by atoms with Crippen molar-refractivity contribution in [1.29, 1.82) is 0 Å². The summed E-state index contributed by atoms with van der Waals surface area (Å²) >= 11 is 3.48. The van der Waals surface area contributed by atoms with Crippen LogP contribution < -0.4 is 10.2 Å². The topological polar surface area (TPSA) is 74.7 Å². The second-order valence-electron chi connectivity index (χ2n) is 7.73. The van der Waals surface area contributed by atoms with Crippen LogP contribution in [0.25, 0.3) is 0 Å². The highest BCUT2D eigenvalue weighted by Gasteiger charge is 2.27. The molecule has 1 aliphatic heterocycles. The lowest BCUT2D eigenvalue weighted by atomic mass is 10.0. The van der Waals surface area contributed by atoms with Crippen molar-refractivity contribution < 1.29 is 9.59 Å². The Kier molecular flexibility index (Phi) is 6.46. The van der Waals surface area contributed by atoms with Gasteiger partial charge in [-0.05, 0) is 60.4 Å². The molecule has 2 amide bonds. The summed E-state index contributed by atoms with van der Waals surface area (Å²) in [7, 11) is 0. The van der Waals surface area contributed by atoms with E-state index >= 15 is 0 Å². The normalized spacial score (nSPS) is 13.3. The van der Waals surface area contributed by atoms with Crippen LogP contribution in [0, 0.1) is 13.8 Å². The van der Waals surface area contributed by atoms with Crippen molar-refractivity contribution in [2.45, 2.75) is 26.8 Å². The first kappa shape index (κ1) is 21.9. The molecular weight excluding hydrogens is 468 g/mol. The molecule has 0 spiro atoms. The number of amides is 2. The molecule has 0 unspecified atom stereocenters. The minimum Gasteiger partial charge on any atom is -0.350 e. The Morgan fingerprint density at radius 2 is 1.91 bits per heavy atom. The highest BCUT2D eigenvalue weighted by molar-refractivity contribution is 9.10. The number of hydrogen-bond donors (Lipinski definition) is 1. The molecule has 0 aliphatic carbocycles. The zero-order chi connectivity index (χ0) is 22.7. The molecule has 1 aliphatic rings. The van der Waals surface area contributed by atoms with Gasteiger partial charge < -0.3 is 5.32 Å². The van der Waals surface area contributed by atoms with Gasteiger partial charge in [-0.1, -0.05) is 46.3 Å². The number of aliphatic imine (C=N–C) groups is 1. The average molecular weight is 491 g/mol. The van der Waals surface area contributed by atoms with E-state index in [0.29, 0.717) is 23.8 Å². The molecule has 1 N–H and O–H groups in total. The summed E-state index contributed by atoms with van der Waals surface area (Å²) in [6, 6.07) is 17.3. The highest BCUT2D eigenvalue weighted by Crippen LogP contribution is 2.31. The number of halogens is 1. The Bertz CT molecular complexity index is 1220. The van der Waals surface area contributed by atoms with Crippen LogP contribution in [0.2, 0.25) is 0 Å². The Balaban J connectivity index is 1.56. The molecule has 2 heterocycles. The van der Waals surface area contributed by atoms with E-state index in [-0.39, 0.29) is 24.8 Å². The van der Waals surface area contributed by atoms with E-state index in [1.165, 1.54) is 10.5 Å². The van der Waals surface area contributed by atoms with Crippen molar-refractivity contribution in [3.8, 4) is 0 Å². The molecule has 0 bridgehead atoms. The number of benzene rings is 2. The monoisotopic (exact) mass is 490 g/mol. The van der Waals surface area contributed by atoms with Gasteiger partial charge in [0.2, 0.25) is 11.8 Å². The third kappa shape index (κ3) is 4.78. The molecular formula is C25H23BrN4O2. The number of carbonyl (C=O) groups is 2. The summed E-state index contributed by atoms with van der Waals surface area (Å²) in [4.78, 5) is 36.4. The van der Waals surface area contributed by atoms with Gasteiger partial charge in [-0.2, -0.15) is 0 Å². The summed E-state index contributed by atoms with van der Waals surface area (Å²) in [5, 5.41) is 2.89. The number of nitrogens with zero attached hydrogens (tertiary/aromatic N) is 3. The third-order valence-electron chi connectivity index (χ3n) is 5.47. The lowest BCUT2D eigenvalue weighted by molar-refractivity contribution is -0.123. The van der Waals surface area contributed by atoms with Crippen LogP contribution in [0.5, 0.6) is 0 Å². The molecule has 0 atom stereocenters. The van der Waals surface area contributed by atoms with Crippen molar-refractivity contribution in [3.63, 3.8) is 0 Å². The molecule has 4 rings (SSSR count). The number of nitrogens with one attached hydrogen (secondary N) is 1. The highest BCUT2D eigenvalue weighted by atomic mass is 79.9. The standard InChI is InChI=1S/C25H23BrN4O2/c1-16-9-10-18(12-17(16)2)22-13-24(32)30(25-21(29-22)8-5-11-27-25)15-23(31)28-14-19-6-3-4-7-20(19)26/h3-12H,13-15H2,1-2H3,(H,28,31). The number of anilines is 1. The van der Waals surface area contributed by atoms with Crippen LogP contribution in [0.4, 0.5) is 11.5 Å². The molecule has 32 heavy (non-hydrogen) atoms. The number of carbonyl (C=O) groups excluding carboxylic acids is 2. The van der Waals surface area contributed by atoms with Crippen LogP contribution in [0.3, 0.4) is 0 Å². The molecule has 0 saturated heterocycles. The fraction of sp³-hybridized carbons (Fsp3) is 0.200. The van der Waals surface area contributed by atoms with Gasteiger partial charge in [0.25, 0.3) is 0 Å². The number of pyridine rings is 1. The van der Waals surface area contributed by atoms with Gasteiger partial charge in [-0.25, -0.2) is 9.98 Å². The van der Waals surface area contributed by atoms with E-state index in [0.717, 1.165) is 21.2 Å². The Labute approximate surface area is 195 Å². The first-order valence-corrected chi connectivity index (χ1v) is 11.1. The molecule has 0 fully saturated rings. The van der Waals surface area contributed by atoms with Crippen LogP contribution in [0.15, 0.2) is 70.3 Å². The van der Waals surface area contributed by atoms with Crippen LogP contribution >= 0.6 is 15.9 Å². The predicted octanol–water partition coefficient (Wildman–Crippen LogP) is 4.63. The zero-order valence-corrected chi connectivity index (χ0v) is 19.5. The lowest BCUT2D eigenvalue weighted by Crippen LogP contribution is -2.41. The molecule has 0 radical (unpaired) electrons. The molecule has 162 valence electrons. The van der Waals surface area contributed by atoms with Gasteiger partial charge in [0.1, 0.15) is 12.2 Å². The van der Waals surface area contributed by atoms with Crippen LogP contribution in [-0.4, -0.2) is 29.1 Å². The van der Waals surface area contributed by atoms with Crippen LogP contribution in [-0.2, 0) is 16.1 Å². The number of hydrogen-bond acceptors (Lipinski definition) is 4. The Hall–Kier alpha value is -3.32. The fourth-order valence-electron chi connectivity index (χ4n) is 3.51. The first-order valence-electron chi connectivity index (χ1n) is 10.3. The van der Waals surface area contributed by atoms with E-state index in [2.05, 4.69) is 26.2 Å². The number of fused-ring (bicyclic) bond motifs is 1. The van der Waals surface area contributed by atoms with Gasteiger partial charge in [-0.3, -0.25) is 14.5 Å². The lowest BCUT2D eigenvalue weighted by Gasteiger charge is -2.20. The van der Waals surface area contributed by atoms with Gasteiger partial charge in [0.15, 0.2) is 5.82 Å². The third-order valence-corrected chi connectivity index (χ3v) is 6.25. The van der Waals surface area contributed by atoms with Gasteiger partial charge in [0.05, 0.1) is 12.1 Å². The van der Waals surface area contributed by atoms with Crippen molar-refractivity contribution in [1.82, 2.24) is 10.3 Å². The summed E-state index contributed by atoms with van der Waals surface area (Å²) in [6.07, 6.45) is 1.70. The molecule has 7 heteroatoms. The molecule has 0 saturated carbocycles. The van der Waals surface area contributed by atoms with Crippen molar-refractivity contribution >= 4 is 45.0 Å². The number of rotatable bonds is 5. The predicted molar refractivity (Wildman–Crippen MR) is 129 cm³/mol. The minimum absolute atomic E-state index is 0.0936. The fourth-order valence-corrected chi connectivity index (χ4v) is 3.94. The second-order valence-corrected chi connectivity index (χ2v) is 8.58. The summed E-state index contributed by atoms with van der Waals surface area (Å²) in [5.74, 6) is -0.0804. The first-order chi connectivity index (χ1) is 15.4. The molecule has 3 aromatic rings. The number of aryl methyl sites for hydroxylation is 2. The SMILES string of the molecule is Cc1ccc(C2=Nc3cccnc3N(CC(=O)NCc3ccccc3Br)C(=O)C2)cc1C. The second kappa shape index (κ2) is 9.44. The Morgan fingerprint density at radius 3 is 2.69 bits per heavy atom. The van der Waals surface area contributed by atoms with Crippen molar-refractivity contribution in [2.75, 3.05) is 11.4 Å². The van der Waals surface area contributed by atoms with Crippen molar-refractivity contribution in [2.24, 2.45) is 4.99 Å². The Morgan fingerprint density at radius 1 is 1.09 bits per heavy atom. The number of aromatic nitrogens is 1. The van der Waals surface area contributed by atoms with E-state index in [1.54, 1.807) is 12.3 Å². The van der Waals surface area contributed by atoms with Crippen molar-refractivity contribution in [3.05, 3.63) is 87.5 Å². The summed E-state index contributed by atoms with van der Waals surface area (Å²) < 4.78 is 0.921.